The molecule has 1 N–H and O–H groups in total. The predicted molar refractivity (Wildman–Crippen MR) is 87.2 cm³/mol. The molecule has 0 radical (unpaired) electrons. The standard InChI is InChI=1S/C16H30N2OS/c1-2-3-9-18(13-15-5-4-8-17-15)16(19)12-14-6-10-20-11-7-14/h14-15,17H,2-13H2,1H3. The second kappa shape index (κ2) is 8.93. The lowest BCUT2D eigenvalue weighted by Crippen LogP contribution is -2.42. The van der Waals surface area contributed by atoms with Crippen LogP contribution in [0.25, 0.3) is 0 Å². The fraction of sp³-hybridized carbons (Fsp3) is 0.938. The van der Waals surface area contributed by atoms with E-state index >= 15 is 0 Å². The quantitative estimate of drug-likeness (QED) is 0.784. The first-order chi connectivity index (χ1) is 9.79. The summed E-state index contributed by atoms with van der Waals surface area (Å²) in [6.07, 6.45) is 8.06. The van der Waals surface area contributed by atoms with E-state index in [1.54, 1.807) is 0 Å². The third kappa shape index (κ3) is 5.28. The van der Waals surface area contributed by atoms with Gasteiger partial charge >= 0.3 is 0 Å². The number of unbranched alkanes of at least 4 members (excludes halogenated alkanes) is 1. The zero-order chi connectivity index (χ0) is 14.2. The van der Waals surface area contributed by atoms with Crippen LogP contribution < -0.4 is 5.32 Å². The highest BCUT2D eigenvalue weighted by Gasteiger charge is 2.24. The van der Waals surface area contributed by atoms with E-state index in [0.717, 1.165) is 32.5 Å². The number of hydrogen-bond acceptors (Lipinski definition) is 3. The van der Waals surface area contributed by atoms with E-state index in [-0.39, 0.29) is 0 Å². The summed E-state index contributed by atoms with van der Waals surface area (Å²) in [5.41, 5.74) is 0. The molecular weight excluding hydrogens is 268 g/mol. The van der Waals surface area contributed by atoms with Crippen LogP contribution in [0, 0.1) is 5.92 Å². The van der Waals surface area contributed by atoms with Gasteiger partial charge < -0.3 is 10.2 Å². The number of thioether (sulfide) groups is 1. The van der Waals surface area contributed by atoms with Crippen LogP contribution >= 0.6 is 11.8 Å². The van der Waals surface area contributed by atoms with Crippen LogP contribution in [-0.4, -0.2) is 48.0 Å². The van der Waals surface area contributed by atoms with Crippen LogP contribution in [0.1, 0.15) is 51.9 Å². The van der Waals surface area contributed by atoms with Crippen molar-refractivity contribution in [3.8, 4) is 0 Å². The summed E-state index contributed by atoms with van der Waals surface area (Å²) in [5, 5.41) is 3.52. The Morgan fingerprint density at radius 3 is 2.75 bits per heavy atom. The summed E-state index contributed by atoms with van der Waals surface area (Å²) >= 11 is 2.04. The molecule has 0 saturated carbocycles. The second-order valence-corrected chi connectivity index (χ2v) is 7.47. The monoisotopic (exact) mass is 298 g/mol. The topological polar surface area (TPSA) is 32.3 Å². The van der Waals surface area contributed by atoms with Gasteiger partial charge in [-0.15, -0.1) is 0 Å². The van der Waals surface area contributed by atoms with Crippen LogP contribution in [-0.2, 0) is 4.79 Å². The maximum absolute atomic E-state index is 12.6. The van der Waals surface area contributed by atoms with Gasteiger partial charge in [-0.25, -0.2) is 0 Å². The van der Waals surface area contributed by atoms with Crippen molar-refractivity contribution in [2.45, 2.75) is 57.9 Å². The molecule has 116 valence electrons. The third-order valence-corrected chi connectivity index (χ3v) is 5.59. The van der Waals surface area contributed by atoms with E-state index in [0.29, 0.717) is 17.9 Å². The number of amides is 1. The van der Waals surface area contributed by atoms with Crippen molar-refractivity contribution >= 4 is 17.7 Å². The van der Waals surface area contributed by atoms with Crippen LogP contribution in [0.2, 0.25) is 0 Å². The number of rotatable bonds is 7. The summed E-state index contributed by atoms with van der Waals surface area (Å²) in [7, 11) is 0. The summed E-state index contributed by atoms with van der Waals surface area (Å²) in [4.78, 5) is 14.7. The van der Waals surface area contributed by atoms with Crippen molar-refractivity contribution < 1.29 is 4.79 Å². The van der Waals surface area contributed by atoms with Gasteiger partial charge in [0.25, 0.3) is 0 Å². The van der Waals surface area contributed by atoms with E-state index in [4.69, 9.17) is 0 Å². The molecule has 1 unspecified atom stereocenters. The minimum Gasteiger partial charge on any atom is -0.341 e. The Morgan fingerprint density at radius 2 is 2.10 bits per heavy atom. The average molecular weight is 298 g/mol. The predicted octanol–water partition coefficient (Wildman–Crippen LogP) is 2.90. The number of carbonyl (C=O) groups is 1. The van der Waals surface area contributed by atoms with Gasteiger partial charge in [-0.2, -0.15) is 11.8 Å². The van der Waals surface area contributed by atoms with E-state index in [2.05, 4.69) is 17.1 Å². The molecule has 2 heterocycles. The van der Waals surface area contributed by atoms with Gasteiger partial charge in [0.05, 0.1) is 0 Å². The van der Waals surface area contributed by atoms with E-state index in [9.17, 15) is 4.79 Å². The molecule has 2 rings (SSSR count). The third-order valence-electron chi connectivity index (χ3n) is 4.54. The van der Waals surface area contributed by atoms with Crippen LogP contribution in [0.4, 0.5) is 0 Å². The van der Waals surface area contributed by atoms with Crippen molar-refractivity contribution in [2.24, 2.45) is 5.92 Å². The summed E-state index contributed by atoms with van der Waals surface area (Å²) in [6, 6.07) is 0.540. The molecule has 3 nitrogen and oxygen atoms in total. The van der Waals surface area contributed by atoms with Crippen molar-refractivity contribution in [3.63, 3.8) is 0 Å². The van der Waals surface area contributed by atoms with E-state index < -0.39 is 0 Å². The molecule has 0 aromatic heterocycles. The van der Waals surface area contributed by atoms with Gasteiger partial charge in [-0.1, -0.05) is 13.3 Å². The van der Waals surface area contributed by atoms with Gasteiger partial charge in [0, 0.05) is 25.6 Å². The number of nitrogens with zero attached hydrogens (tertiary/aromatic N) is 1. The molecule has 0 aromatic rings. The molecule has 0 aromatic carbocycles. The Labute approximate surface area is 128 Å². The molecule has 1 amide bonds. The summed E-state index contributed by atoms with van der Waals surface area (Å²) in [5.74, 6) is 3.54. The SMILES string of the molecule is CCCCN(CC1CCCN1)C(=O)CC1CCSCC1. The van der Waals surface area contributed by atoms with Gasteiger partial charge in [-0.3, -0.25) is 4.79 Å². The molecule has 4 heteroatoms. The lowest BCUT2D eigenvalue weighted by Gasteiger charge is -2.29. The lowest BCUT2D eigenvalue weighted by atomic mass is 9.98. The lowest BCUT2D eigenvalue weighted by molar-refractivity contribution is -0.132. The first-order valence-electron chi connectivity index (χ1n) is 8.38. The van der Waals surface area contributed by atoms with Gasteiger partial charge in [-0.05, 0) is 56.1 Å². The van der Waals surface area contributed by atoms with Crippen molar-refractivity contribution in [1.29, 1.82) is 0 Å². The van der Waals surface area contributed by atoms with E-state index in [1.165, 1.54) is 43.6 Å². The molecule has 2 fully saturated rings. The van der Waals surface area contributed by atoms with Crippen molar-refractivity contribution in [1.82, 2.24) is 10.2 Å². The molecule has 2 saturated heterocycles. The van der Waals surface area contributed by atoms with Crippen LogP contribution in [0.15, 0.2) is 0 Å². The Balaban J connectivity index is 1.81. The molecule has 2 aliphatic heterocycles. The molecule has 20 heavy (non-hydrogen) atoms. The maximum Gasteiger partial charge on any atom is 0.222 e. The van der Waals surface area contributed by atoms with Gasteiger partial charge in [0.2, 0.25) is 5.91 Å². The van der Waals surface area contributed by atoms with Gasteiger partial charge in [0.1, 0.15) is 0 Å². The Kier molecular flexibility index (Phi) is 7.22. The molecule has 2 aliphatic rings. The fourth-order valence-electron chi connectivity index (χ4n) is 3.17. The van der Waals surface area contributed by atoms with Gasteiger partial charge in [0.15, 0.2) is 0 Å². The smallest absolute Gasteiger partial charge is 0.222 e. The zero-order valence-corrected chi connectivity index (χ0v) is 13.7. The molecular formula is C16H30N2OS. The molecule has 0 aliphatic carbocycles. The highest BCUT2D eigenvalue weighted by atomic mass is 32.2. The summed E-state index contributed by atoms with van der Waals surface area (Å²) in [6.45, 7) is 5.21. The maximum atomic E-state index is 12.6. The Hall–Kier alpha value is -0.220. The first-order valence-corrected chi connectivity index (χ1v) is 9.54. The minimum atomic E-state index is 0.407. The number of nitrogens with one attached hydrogen (secondary N) is 1. The Bertz CT molecular complexity index is 286. The second-order valence-electron chi connectivity index (χ2n) is 6.25. The highest BCUT2D eigenvalue weighted by molar-refractivity contribution is 7.99. The molecule has 0 spiro atoms. The zero-order valence-electron chi connectivity index (χ0n) is 12.9. The summed E-state index contributed by atoms with van der Waals surface area (Å²) < 4.78 is 0. The van der Waals surface area contributed by atoms with Crippen molar-refractivity contribution in [3.05, 3.63) is 0 Å². The van der Waals surface area contributed by atoms with Crippen LogP contribution in [0.5, 0.6) is 0 Å². The normalized spacial score (nSPS) is 23.9. The minimum absolute atomic E-state index is 0.407. The van der Waals surface area contributed by atoms with Crippen molar-refractivity contribution in [2.75, 3.05) is 31.1 Å². The fourth-order valence-corrected chi connectivity index (χ4v) is 4.38. The average Bonchev–Trinajstić information content (AvgIpc) is 2.97. The highest BCUT2D eigenvalue weighted by Crippen LogP contribution is 2.26. The van der Waals surface area contributed by atoms with E-state index in [1.807, 2.05) is 11.8 Å². The van der Waals surface area contributed by atoms with Crippen LogP contribution in [0.3, 0.4) is 0 Å². The molecule has 0 bridgehead atoms. The first kappa shape index (κ1) is 16.2. The Morgan fingerprint density at radius 1 is 1.30 bits per heavy atom. The largest absolute Gasteiger partial charge is 0.341 e. The molecule has 1 atom stereocenters. The number of carbonyl (C=O) groups excluding carboxylic acids is 1. The number of hydrogen-bond donors (Lipinski definition) is 1.